The molecule has 0 aromatic heterocycles. The van der Waals surface area contributed by atoms with Crippen molar-refractivity contribution >= 4 is 17.5 Å². The van der Waals surface area contributed by atoms with Crippen molar-refractivity contribution in [2.24, 2.45) is 5.73 Å². The molecule has 2 aromatic rings. The molecule has 4 heteroatoms. The molecule has 0 aliphatic rings. The fourth-order valence-corrected chi connectivity index (χ4v) is 2.51. The molecule has 22 heavy (non-hydrogen) atoms. The van der Waals surface area contributed by atoms with E-state index >= 15 is 0 Å². The maximum atomic E-state index is 12.2. The molecule has 2 atom stereocenters. The molecule has 0 aliphatic carbocycles. The van der Waals surface area contributed by atoms with Crippen LogP contribution in [-0.4, -0.2) is 5.91 Å². The van der Waals surface area contributed by atoms with Gasteiger partial charge in [-0.1, -0.05) is 61.0 Å². The van der Waals surface area contributed by atoms with Crippen molar-refractivity contribution in [1.29, 1.82) is 0 Å². The minimum Gasteiger partial charge on any atom is -0.349 e. The number of hydrogen-bond donors (Lipinski definition) is 2. The molecule has 0 aliphatic heterocycles. The number of rotatable bonds is 6. The minimum absolute atomic E-state index is 0.0206. The molecule has 0 fully saturated rings. The summed E-state index contributed by atoms with van der Waals surface area (Å²) >= 11 is 5.90. The highest BCUT2D eigenvalue weighted by atomic mass is 35.5. The zero-order valence-corrected chi connectivity index (χ0v) is 13.4. The summed E-state index contributed by atoms with van der Waals surface area (Å²) in [6, 6.07) is 16.9. The number of benzene rings is 2. The molecule has 0 radical (unpaired) electrons. The second-order valence-electron chi connectivity index (χ2n) is 5.30. The monoisotopic (exact) mass is 316 g/mol. The molecular weight excluding hydrogens is 296 g/mol. The van der Waals surface area contributed by atoms with Crippen LogP contribution in [0.15, 0.2) is 54.6 Å². The summed E-state index contributed by atoms with van der Waals surface area (Å²) in [6.07, 6.45) is 1.09. The lowest BCUT2D eigenvalue weighted by atomic mass is 10.0. The molecule has 2 rings (SSSR count). The molecule has 0 saturated heterocycles. The van der Waals surface area contributed by atoms with Gasteiger partial charge in [0.25, 0.3) is 0 Å². The van der Waals surface area contributed by atoms with Gasteiger partial charge in [-0.2, -0.15) is 0 Å². The first-order valence-corrected chi connectivity index (χ1v) is 7.83. The number of hydrogen-bond acceptors (Lipinski definition) is 2. The normalized spacial score (nSPS) is 13.4. The molecule has 2 unspecified atom stereocenters. The van der Waals surface area contributed by atoms with Gasteiger partial charge in [0.1, 0.15) is 0 Å². The Morgan fingerprint density at radius 1 is 1.09 bits per heavy atom. The average molecular weight is 317 g/mol. The lowest BCUT2D eigenvalue weighted by Crippen LogP contribution is -2.30. The van der Waals surface area contributed by atoms with E-state index in [1.165, 1.54) is 0 Å². The lowest BCUT2D eigenvalue weighted by Gasteiger charge is -2.19. The highest BCUT2D eigenvalue weighted by Crippen LogP contribution is 2.20. The summed E-state index contributed by atoms with van der Waals surface area (Å²) in [6.45, 7) is 2.04. The first kappa shape index (κ1) is 16.5. The third kappa shape index (κ3) is 4.58. The Kier molecular flexibility index (Phi) is 5.99. The predicted octanol–water partition coefficient (Wildman–Crippen LogP) is 4.00. The molecule has 1 amide bonds. The molecule has 0 heterocycles. The van der Waals surface area contributed by atoms with Crippen LogP contribution >= 0.6 is 11.6 Å². The third-order valence-corrected chi connectivity index (χ3v) is 3.90. The van der Waals surface area contributed by atoms with Gasteiger partial charge in [-0.15, -0.1) is 0 Å². The number of nitrogens with one attached hydrogen (secondary N) is 1. The number of amides is 1. The second kappa shape index (κ2) is 7.97. The van der Waals surface area contributed by atoms with Gasteiger partial charge >= 0.3 is 0 Å². The van der Waals surface area contributed by atoms with E-state index < -0.39 is 0 Å². The van der Waals surface area contributed by atoms with E-state index in [0.29, 0.717) is 5.02 Å². The Hall–Kier alpha value is -1.84. The van der Waals surface area contributed by atoms with Gasteiger partial charge in [-0.25, -0.2) is 0 Å². The van der Waals surface area contributed by atoms with E-state index in [4.69, 9.17) is 17.3 Å². The highest BCUT2D eigenvalue weighted by Gasteiger charge is 2.16. The van der Waals surface area contributed by atoms with Gasteiger partial charge in [0, 0.05) is 17.5 Å². The average Bonchev–Trinajstić information content (AvgIpc) is 2.54. The summed E-state index contributed by atoms with van der Waals surface area (Å²) in [7, 11) is 0. The zero-order valence-electron chi connectivity index (χ0n) is 12.6. The van der Waals surface area contributed by atoms with Crippen LogP contribution in [-0.2, 0) is 4.79 Å². The summed E-state index contributed by atoms with van der Waals surface area (Å²) < 4.78 is 0. The van der Waals surface area contributed by atoms with Crippen LogP contribution in [0, 0.1) is 0 Å². The van der Waals surface area contributed by atoms with E-state index in [-0.39, 0.29) is 24.4 Å². The van der Waals surface area contributed by atoms with Crippen molar-refractivity contribution in [3.8, 4) is 0 Å². The molecular formula is C18H21ClN2O. The molecule has 0 bridgehead atoms. The van der Waals surface area contributed by atoms with Crippen molar-refractivity contribution in [2.45, 2.75) is 31.8 Å². The van der Waals surface area contributed by atoms with Gasteiger partial charge in [-0.05, 0) is 29.7 Å². The van der Waals surface area contributed by atoms with Gasteiger partial charge < -0.3 is 11.1 Å². The standard InChI is InChI=1S/C18H21ClN2O/c1-2-17(14-8-10-15(19)11-9-14)21-18(22)12-16(20)13-6-4-3-5-7-13/h3-11,16-17H,2,12,20H2,1H3,(H,21,22). The zero-order chi connectivity index (χ0) is 15.9. The smallest absolute Gasteiger partial charge is 0.222 e. The van der Waals surface area contributed by atoms with E-state index in [1.807, 2.05) is 61.5 Å². The van der Waals surface area contributed by atoms with Crippen LogP contribution < -0.4 is 11.1 Å². The first-order chi connectivity index (χ1) is 10.6. The Balaban J connectivity index is 1.96. The molecule has 116 valence electrons. The number of halogens is 1. The van der Waals surface area contributed by atoms with E-state index in [1.54, 1.807) is 0 Å². The van der Waals surface area contributed by atoms with Crippen LogP contribution in [0.4, 0.5) is 0 Å². The van der Waals surface area contributed by atoms with Crippen LogP contribution in [0.1, 0.15) is 43.0 Å². The van der Waals surface area contributed by atoms with Crippen molar-refractivity contribution in [3.05, 3.63) is 70.7 Å². The highest BCUT2D eigenvalue weighted by molar-refractivity contribution is 6.30. The predicted molar refractivity (Wildman–Crippen MR) is 90.6 cm³/mol. The largest absolute Gasteiger partial charge is 0.349 e. The molecule has 0 saturated carbocycles. The van der Waals surface area contributed by atoms with Crippen LogP contribution in [0.2, 0.25) is 5.02 Å². The van der Waals surface area contributed by atoms with E-state index in [0.717, 1.165) is 17.5 Å². The van der Waals surface area contributed by atoms with E-state index in [2.05, 4.69) is 5.32 Å². The maximum absolute atomic E-state index is 12.2. The van der Waals surface area contributed by atoms with Gasteiger partial charge in [0.2, 0.25) is 5.91 Å². The van der Waals surface area contributed by atoms with Gasteiger partial charge in [0.05, 0.1) is 6.04 Å². The molecule has 0 spiro atoms. The van der Waals surface area contributed by atoms with Crippen LogP contribution in [0.5, 0.6) is 0 Å². The quantitative estimate of drug-likeness (QED) is 0.846. The SMILES string of the molecule is CCC(NC(=O)CC(N)c1ccccc1)c1ccc(Cl)cc1. The van der Waals surface area contributed by atoms with Crippen LogP contribution in [0.3, 0.4) is 0 Å². The topological polar surface area (TPSA) is 55.1 Å². The lowest BCUT2D eigenvalue weighted by molar-refractivity contribution is -0.122. The second-order valence-corrected chi connectivity index (χ2v) is 5.74. The Morgan fingerprint density at radius 2 is 1.73 bits per heavy atom. The molecule has 3 N–H and O–H groups in total. The third-order valence-electron chi connectivity index (χ3n) is 3.65. The maximum Gasteiger partial charge on any atom is 0.222 e. The molecule has 3 nitrogen and oxygen atoms in total. The number of nitrogens with two attached hydrogens (primary N) is 1. The number of carbonyl (C=O) groups is 1. The first-order valence-electron chi connectivity index (χ1n) is 7.45. The van der Waals surface area contributed by atoms with E-state index in [9.17, 15) is 4.79 Å². The van der Waals surface area contributed by atoms with Crippen molar-refractivity contribution in [1.82, 2.24) is 5.32 Å². The number of carbonyl (C=O) groups excluding carboxylic acids is 1. The summed E-state index contributed by atoms with van der Waals surface area (Å²) in [4.78, 5) is 12.2. The Morgan fingerprint density at radius 3 is 2.32 bits per heavy atom. The van der Waals surface area contributed by atoms with Crippen molar-refractivity contribution in [2.75, 3.05) is 0 Å². The summed E-state index contributed by atoms with van der Waals surface area (Å²) in [5, 5.41) is 3.73. The molecule has 2 aromatic carbocycles. The fourth-order valence-electron chi connectivity index (χ4n) is 2.39. The Labute approximate surface area is 136 Å². The Bertz CT molecular complexity index is 598. The van der Waals surface area contributed by atoms with Crippen LogP contribution in [0.25, 0.3) is 0 Å². The summed E-state index contributed by atoms with van der Waals surface area (Å²) in [5.41, 5.74) is 8.11. The fraction of sp³-hybridized carbons (Fsp3) is 0.278. The van der Waals surface area contributed by atoms with Crippen molar-refractivity contribution in [3.63, 3.8) is 0 Å². The van der Waals surface area contributed by atoms with Gasteiger partial charge in [-0.3, -0.25) is 4.79 Å². The summed E-state index contributed by atoms with van der Waals surface area (Å²) in [5.74, 6) is -0.0434. The van der Waals surface area contributed by atoms with Gasteiger partial charge in [0.15, 0.2) is 0 Å². The van der Waals surface area contributed by atoms with Crippen molar-refractivity contribution < 1.29 is 4.79 Å². The minimum atomic E-state index is -0.288.